The fraction of sp³-hybridized carbons (Fsp3) is 0.611. The Morgan fingerprint density at radius 3 is 2.23 bits per heavy atom. The van der Waals surface area contributed by atoms with E-state index in [1.54, 1.807) is 19.2 Å². The maximum Gasteiger partial charge on any atom is 0.243 e. The number of thiocarbonyl (C=S) groups is 1. The van der Waals surface area contributed by atoms with Crippen LogP contribution in [0.4, 0.5) is 0 Å². The van der Waals surface area contributed by atoms with E-state index in [1.807, 2.05) is 17.0 Å². The molecule has 0 unspecified atom stereocenters. The zero-order valence-electron chi connectivity index (χ0n) is 16.0. The van der Waals surface area contributed by atoms with E-state index in [1.165, 1.54) is 4.31 Å². The Balaban J connectivity index is 1.98. The van der Waals surface area contributed by atoms with Gasteiger partial charge in [-0.3, -0.25) is 0 Å². The van der Waals surface area contributed by atoms with Gasteiger partial charge in [0, 0.05) is 39.8 Å². The lowest BCUT2D eigenvalue weighted by Crippen LogP contribution is -2.53. The zero-order chi connectivity index (χ0) is 19.4. The van der Waals surface area contributed by atoms with Crippen molar-refractivity contribution in [2.75, 3.05) is 46.4 Å². The molecule has 1 fully saturated rings. The maximum absolute atomic E-state index is 12.9. The molecule has 8 heteroatoms. The lowest BCUT2D eigenvalue weighted by molar-refractivity contribution is 0.201. The van der Waals surface area contributed by atoms with Crippen LogP contribution < -0.4 is 5.32 Å². The first-order valence-electron chi connectivity index (χ1n) is 8.78. The SMILES string of the molecule is COCCNC(=S)N1CCN(S(=O)(=O)c2ccc(C(C)(C)C)cc2)CC1. The highest BCUT2D eigenvalue weighted by atomic mass is 32.2. The standard InChI is InChI=1S/C18H29N3O3S2/c1-18(2,3)15-5-7-16(8-6-15)26(22,23)21-12-10-20(11-13-21)17(25)19-9-14-24-4/h5-8H,9-14H2,1-4H3,(H,19,25). The lowest BCUT2D eigenvalue weighted by atomic mass is 9.87. The van der Waals surface area contributed by atoms with Gasteiger partial charge in [-0.15, -0.1) is 0 Å². The summed E-state index contributed by atoms with van der Waals surface area (Å²) in [6.45, 7) is 9.58. The molecule has 1 saturated heterocycles. The molecule has 26 heavy (non-hydrogen) atoms. The van der Waals surface area contributed by atoms with Gasteiger partial charge in [-0.2, -0.15) is 4.31 Å². The molecule has 0 saturated carbocycles. The van der Waals surface area contributed by atoms with Crippen molar-refractivity contribution in [3.8, 4) is 0 Å². The van der Waals surface area contributed by atoms with Gasteiger partial charge in [0.05, 0.1) is 11.5 Å². The molecule has 0 atom stereocenters. The Kier molecular flexibility index (Phi) is 7.01. The fourth-order valence-corrected chi connectivity index (χ4v) is 4.49. The second-order valence-electron chi connectivity index (χ2n) is 7.39. The van der Waals surface area contributed by atoms with E-state index in [4.69, 9.17) is 17.0 Å². The molecule has 1 aromatic carbocycles. The Bertz CT molecular complexity index is 704. The van der Waals surface area contributed by atoms with Crippen molar-refractivity contribution >= 4 is 27.4 Å². The first-order valence-corrected chi connectivity index (χ1v) is 10.6. The molecule has 0 spiro atoms. The van der Waals surface area contributed by atoms with E-state index in [9.17, 15) is 8.42 Å². The van der Waals surface area contributed by atoms with Crippen molar-refractivity contribution in [3.63, 3.8) is 0 Å². The summed E-state index contributed by atoms with van der Waals surface area (Å²) in [5, 5.41) is 3.77. The number of ether oxygens (including phenoxy) is 1. The van der Waals surface area contributed by atoms with E-state index in [0.717, 1.165) is 5.56 Å². The van der Waals surface area contributed by atoms with Crippen molar-refractivity contribution < 1.29 is 13.2 Å². The predicted octanol–water partition coefficient (Wildman–Crippen LogP) is 1.81. The highest BCUT2D eigenvalue weighted by molar-refractivity contribution is 7.89. The predicted molar refractivity (Wildman–Crippen MR) is 108 cm³/mol. The molecule has 1 aromatic rings. The minimum absolute atomic E-state index is 0.000567. The average molecular weight is 400 g/mol. The second-order valence-corrected chi connectivity index (χ2v) is 9.71. The smallest absolute Gasteiger partial charge is 0.243 e. The van der Waals surface area contributed by atoms with Crippen LogP contribution in [0.25, 0.3) is 0 Å². The summed E-state index contributed by atoms with van der Waals surface area (Å²) in [4.78, 5) is 2.35. The number of methoxy groups -OCH3 is 1. The second kappa shape index (κ2) is 8.65. The largest absolute Gasteiger partial charge is 0.383 e. The van der Waals surface area contributed by atoms with Gasteiger partial charge in [0.1, 0.15) is 0 Å². The number of benzene rings is 1. The molecule has 0 aliphatic carbocycles. The number of hydrogen-bond donors (Lipinski definition) is 1. The molecule has 1 aliphatic rings. The van der Waals surface area contributed by atoms with Gasteiger partial charge < -0.3 is 15.0 Å². The van der Waals surface area contributed by atoms with Gasteiger partial charge in [0.15, 0.2) is 5.11 Å². The minimum Gasteiger partial charge on any atom is -0.383 e. The third-order valence-corrected chi connectivity index (χ3v) is 6.78. The Labute approximate surface area is 162 Å². The van der Waals surface area contributed by atoms with Crippen LogP contribution in [0.1, 0.15) is 26.3 Å². The van der Waals surface area contributed by atoms with Crippen LogP contribution in [0.15, 0.2) is 29.2 Å². The topological polar surface area (TPSA) is 61.9 Å². The van der Waals surface area contributed by atoms with Gasteiger partial charge >= 0.3 is 0 Å². The summed E-state index contributed by atoms with van der Waals surface area (Å²) in [6.07, 6.45) is 0. The molecular weight excluding hydrogens is 370 g/mol. The van der Waals surface area contributed by atoms with Crippen LogP contribution >= 0.6 is 12.2 Å². The summed E-state index contributed by atoms with van der Waals surface area (Å²) < 4.78 is 32.3. The highest BCUT2D eigenvalue weighted by Gasteiger charge is 2.29. The van der Waals surface area contributed by atoms with Crippen LogP contribution in [0.3, 0.4) is 0 Å². The third kappa shape index (κ3) is 5.16. The van der Waals surface area contributed by atoms with Crippen molar-refractivity contribution in [1.82, 2.24) is 14.5 Å². The van der Waals surface area contributed by atoms with Gasteiger partial charge in [-0.05, 0) is 35.3 Å². The zero-order valence-corrected chi connectivity index (χ0v) is 17.6. The number of nitrogens with one attached hydrogen (secondary N) is 1. The van der Waals surface area contributed by atoms with Crippen LogP contribution in [0, 0.1) is 0 Å². The molecule has 6 nitrogen and oxygen atoms in total. The molecule has 0 bridgehead atoms. The molecule has 0 amide bonds. The number of rotatable bonds is 5. The van der Waals surface area contributed by atoms with Crippen LogP contribution in [0.2, 0.25) is 0 Å². The van der Waals surface area contributed by atoms with Crippen molar-refractivity contribution in [2.24, 2.45) is 0 Å². The van der Waals surface area contributed by atoms with Gasteiger partial charge in [-0.25, -0.2) is 8.42 Å². The van der Waals surface area contributed by atoms with Crippen LogP contribution in [0.5, 0.6) is 0 Å². The lowest BCUT2D eigenvalue weighted by Gasteiger charge is -2.35. The molecular formula is C18H29N3O3S2. The number of nitrogens with zero attached hydrogens (tertiary/aromatic N) is 2. The summed E-state index contributed by atoms with van der Waals surface area (Å²) in [5.41, 5.74) is 1.12. The van der Waals surface area contributed by atoms with E-state index >= 15 is 0 Å². The normalized spacial score (nSPS) is 16.5. The first kappa shape index (κ1) is 21.1. The number of piperazine rings is 1. The van der Waals surface area contributed by atoms with E-state index in [0.29, 0.717) is 49.3 Å². The fourth-order valence-electron chi connectivity index (χ4n) is 2.78. The molecule has 1 heterocycles. The van der Waals surface area contributed by atoms with Crippen LogP contribution in [-0.2, 0) is 20.2 Å². The Morgan fingerprint density at radius 2 is 1.73 bits per heavy atom. The van der Waals surface area contributed by atoms with Gasteiger partial charge in [0.2, 0.25) is 10.0 Å². The summed E-state index contributed by atoms with van der Waals surface area (Å²) >= 11 is 5.35. The van der Waals surface area contributed by atoms with Crippen molar-refractivity contribution in [3.05, 3.63) is 29.8 Å². The minimum atomic E-state index is -3.47. The molecule has 1 aliphatic heterocycles. The highest BCUT2D eigenvalue weighted by Crippen LogP contribution is 2.25. The molecule has 146 valence electrons. The maximum atomic E-state index is 12.9. The molecule has 2 rings (SSSR count). The quantitative estimate of drug-likeness (QED) is 0.602. The average Bonchev–Trinajstić information content (AvgIpc) is 2.61. The number of hydrogen-bond acceptors (Lipinski definition) is 4. The van der Waals surface area contributed by atoms with Gasteiger partial charge in [0.25, 0.3) is 0 Å². The van der Waals surface area contributed by atoms with E-state index in [-0.39, 0.29) is 5.41 Å². The summed E-state index contributed by atoms with van der Waals surface area (Å²) in [7, 11) is -1.83. The van der Waals surface area contributed by atoms with E-state index in [2.05, 4.69) is 26.1 Å². The molecule has 1 N–H and O–H groups in total. The van der Waals surface area contributed by atoms with E-state index < -0.39 is 10.0 Å². The Hall–Kier alpha value is -1.22. The summed E-state index contributed by atoms with van der Waals surface area (Å²) in [5.74, 6) is 0. The third-order valence-electron chi connectivity index (χ3n) is 4.47. The Morgan fingerprint density at radius 1 is 1.15 bits per heavy atom. The van der Waals surface area contributed by atoms with Crippen molar-refractivity contribution in [1.29, 1.82) is 0 Å². The number of sulfonamides is 1. The monoisotopic (exact) mass is 399 g/mol. The molecule has 0 aromatic heterocycles. The van der Waals surface area contributed by atoms with Gasteiger partial charge in [-0.1, -0.05) is 32.9 Å². The van der Waals surface area contributed by atoms with Crippen molar-refractivity contribution in [2.45, 2.75) is 31.1 Å². The summed E-state index contributed by atoms with van der Waals surface area (Å²) in [6, 6.07) is 7.22. The molecule has 0 radical (unpaired) electrons. The first-order chi connectivity index (χ1) is 12.2. The van der Waals surface area contributed by atoms with Crippen LogP contribution in [-0.4, -0.2) is 69.2 Å².